The van der Waals surface area contributed by atoms with E-state index in [1.54, 1.807) is 0 Å². The number of ketones is 1. The SMILES string of the molecule is CC(=O)COc1coc(CN2CCc3ccccc3C2)cc1=O. The van der Waals surface area contributed by atoms with Crippen molar-refractivity contribution in [3.05, 3.63) is 63.7 Å². The summed E-state index contributed by atoms with van der Waals surface area (Å²) >= 11 is 0. The Kier molecular flexibility index (Phi) is 4.57. The van der Waals surface area contributed by atoms with Gasteiger partial charge < -0.3 is 9.15 Å². The second-order valence-electron chi connectivity index (χ2n) is 5.79. The average Bonchev–Trinajstić information content (AvgIpc) is 2.54. The summed E-state index contributed by atoms with van der Waals surface area (Å²) in [7, 11) is 0. The minimum Gasteiger partial charge on any atom is -0.479 e. The highest BCUT2D eigenvalue weighted by Gasteiger charge is 2.17. The lowest BCUT2D eigenvalue weighted by molar-refractivity contribution is -0.118. The maximum absolute atomic E-state index is 12.0. The zero-order chi connectivity index (χ0) is 16.2. The Morgan fingerprint density at radius 2 is 2.09 bits per heavy atom. The van der Waals surface area contributed by atoms with Crippen molar-refractivity contribution in [2.45, 2.75) is 26.4 Å². The molecule has 2 aromatic rings. The summed E-state index contributed by atoms with van der Waals surface area (Å²) < 4.78 is 10.6. The maximum Gasteiger partial charge on any atom is 0.227 e. The van der Waals surface area contributed by atoms with Crippen LogP contribution in [0.2, 0.25) is 0 Å². The van der Waals surface area contributed by atoms with E-state index in [2.05, 4.69) is 23.1 Å². The van der Waals surface area contributed by atoms with Crippen LogP contribution in [0.1, 0.15) is 23.8 Å². The molecule has 1 aromatic carbocycles. The van der Waals surface area contributed by atoms with E-state index in [-0.39, 0.29) is 23.6 Å². The molecular formula is C18H19NO4. The van der Waals surface area contributed by atoms with Crippen LogP contribution in [0.15, 0.2) is 45.8 Å². The maximum atomic E-state index is 12.0. The zero-order valence-electron chi connectivity index (χ0n) is 13.1. The van der Waals surface area contributed by atoms with Crippen LogP contribution in [0, 0.1) is 0 Å². The van der Waals surface area contributed by atoms with Crippen molar-refractivity contribution in [2.75, 3.05) is 13.2 Å². The minimum atomic E-state index is -0.259. The third-order valence-corrected chi connectivity index (χ3v) is 3.87. The highest BCUT2D eigenvalue weighted by atomic mass is 16.5. The number of nitrogens with zero attached hydrogens (tertiary/aromatic N) is 1. The summed E-state index contributed by atoms with van der Waals surface area (Å²) in [5, 5.41) is 0. The molecule has 1 aliphatic heterocycles. The fraction of sp³-hybridized carbons (Fsp3) is 0.333. The Balaban J connectivity index is 1.66. The normalized spacial score (nSPS) is 14.3. The molecule has 0 saturated carbocycles. The molecule has 0 unspecified atom stereocenters. The van der Waals surface area contributed by atoms with Gasteiger partial charge in [0.25, 0.3) is 0 Å². The zero-order valence-corrected chi connectivity index (χ0v) is 13.1. The summed E-state index contributed by atoms with van der Waals surface area (Å²) in [5.74, 6) is 0.540. The van der Waals surface area contributed by atoms with Crippen molar-refractivity contribution in [2.24, 2.45) is 0 Å². The average molecular weight is 313 g/mol. The highest BCUT2D eigenvalue weighted by Crippen LogP contribution is 2.20. The van der Waals surface area contributed by atoms with Gasteiger partial charge in [0.1, 0.15) is 18.6 Å². The lowest BCUT2D eigenvalue weighted by Crippen LogP contribution is -2.30. The highest BCUT2D eigenvalue weighted by molar-refractivity contribution is 5.77. The summed E-state index contributed by atoms with van der Waals surface area (Å²) in [5.41, 5.74) is 2.45. The molecule has 0 radical (unpaired) electrons. The van der Waals surface area contributed by atoms with Crippen LogP contribution in [-0.4, -0.2) is 23.8 Å². The van der Waals surface area contributed by atoms with E-state index in [1.807, 2.05) is 6.07 Å². The molecule has 5 heteroatoms. The van der Waals surface area contributed by atoms with Crippen LogP contribution in [0.3, 0.4) is 0 Å². The Labute approximate surface area is 134 Å². The molecule has 0 spiro atoms. The molecular weight excluding hydrogens is 294 g/mol. The number of ether oxygens (including phenoxy) is 1. The van der Waals surface area contributed by atoms with E-state index < -0.39 is 0 Å². The van der Waals surface area contributed by atoms with Crippen LogP contribution in [0.4, 0.5) is 0 Å². The topological polar surface area (TPSA) is 59.8 Å². The van der Waals surface area contributed by atoms with Crippen LogP contribution < -0.4 is 10.2 Å². The number of carbonyl (C=O) groups is 1. The van der Waals surface area contributed by atoms with Gasteiger partial charge in [-0.1, -0.05) is 24.3 Å². The first kappa shape index (κ1) is 15.5. The molecule has 3 rings (SSSR count). The van der Waals surface area contributed by atoms with Crippen molar-refractivity contribution in [3.8, 4) is 5.75 Å². The summed E-state index contributed by atoms with van der Waals surface area (Å²) in [6.45, 7) is 3.65. The van der Waals surface area contributed by atoms with Crippen molar-refractivity contribution >= 4 is 5.78 Å². The Hall–Kier alpha value is -2.40. The van der Waals surface area contributed by atoms with Crippen LogP contribution in [0.5, 0.6) is 5.75 Å². The standard InChI is InChI=1S/C18H19NO4/c1-13(20)11-23-18-12-22-16(8-17(18)21)10-19-7-6-14-4-2-3-5-15(14)9-19/h2-5,8,12H,6-7,9-11H2,1H3. The molecule has 0 N–H and O–H groups in total. The molecule has 0 bridgehead atoms. The number of fused-ring (bicyclic) bond motifs is 1. The van der Waals surface area contributed by atoms with Gasteiger partial charge in [0.05, 0.1) is 6.54 Å². The monoisotopic (exact) mass is 313 g/mol. The molecule has 0 saturated heterocycles. The van der Waals surface area contributed by atoms with Gasteiger partial charge in [-0.3, -0.25) is 14.5 Å². The molecule has 0 atom stereocenters. The van der Waals surface area contributed by atoms with E-state index in [9.17, 15) is 9.59 Å². The number of benzene rings is 1. The number of hydrogen-bond donors (Lipinski definition) is 0. The Morgan fingerprint density at radius 1 is 1.30 bits per heavy atom. The predicted molar refractivity (Wildman–Crippen MR) is 85.4 cm³/mol. The number of hydrogen-bond acceptors (Lipinski definition) is 5. The predicted octanol–water partition coefficient (Wildman–Crippen LogP) is 2.17. The molecule has 0 amide bonds. The fourth-order valence-corrected chi connectivity index (χ4v) is 2.72. The molecule has 0 fully saturated rings. The second kappa shape index (κ2) is 6.79. The lowest BCUT2D eigenvalue weighted by Gasteiger charge is -2.28. The van der Waals surface area contributed by atoms with Crippen LogP contribution in [0.25, 0.3) is 0 Å². The van der Waals surface area contributed by atoms with Gasteiger partial charge in [0.15, 0.2) is 5.78 Å². The minimum absolute atomic E-state index is 0.0768. The smallest absolute Gasteiger partial charge is 0.227 e. The van der Waals surface area contributed by atoms with Crippen molar-refractivity contribution in [1.29, 1.82) is 0 Å². The number of Topliss-reactive ketones (excluding diaryl/α,β-unsaturated/α-hetero) is 1. The first-order valence-corrected chi connectivity index (χ1v) is 7.65. The lowest BCUT2D eigenvalue weighted by atomic mass is 10.00. The van der Waals surface area contributed by atoms with Gasteiger partial charge in [-0.15, -0.1) is 0 Å². The Bertz CT molecular complexity index is 766. The van der Waals surface area contributed by atoms with Gasteiger partial charge in [-0.25, -0.2) is 0 Å². The second-order valence-corrected chi connectivity index (χ2v) is 5.79. The molecule has 1 aliphatic rings. The third-order valence-electron chi connectivity index (χ3n) is 3.87. The number of rotatable bonds is 5. The van der Waals surface area contributed by atoms with Crippen molar-refractivity contribution in [1.82, 2.24) is 4.90 Å². The van der Waals surface area contributed by atoms with Gasteiger partial charge in [-0.2, -0.15) is 0 Å². The van der Waals surface area contributed by atoms with Gasteiger partial charge in [0.2, 0.25) is 11.2 Å². The van der Waals surface area contributed by atoms with E-state index in [0.717, 1.165) is 19.5 Å². The van der Waals surface area contributed by atoms with E-state index in [1.165, 1.54) is 30.4 Å². The van der Waals surface area contributed by atoms with Crippen molar-refractivity contribution in [3.63, 3.8) is 0 Å². The summed E-state index contributed by atoms with van der Waals surface area (Å²) in [4.78, 5) is 25.1. The number of carbonyl (C=O) groups excluding carboxylic acids is 1. The molecule has 2 heterocycles. The van der Waals surface area contributed by atoms with E-state index in [0.29, 0.717) is 12.3 Å². The molecule has 5 nitrogen and oxygen atoms in total. The van der Waals surface area contributed by atoms with Crippen LogP contribution in [-0.2, 0) is 24.3 Å². The molecule has 23 heavy (non-hydrogen) atoms. The van der Waals surface area contributed by atoms with E-state index >= 15 is 0 Å². The van der Waals surface area contributed by atoms with E-state index in [4.69, 9.17) is 9.15 Å². The molecule has 0 aliphatic carbocycles. The summed E-state index contributed by atoms with van der Waals surface area (Å²) in [6, 6.07) is 9.84. The summed E-state index contributed by atoms with van der Waals surface area (Å²) in [6.07, 6.45) is 2.29. The van der Waals surface area contributed by atoms with Crippen LogP contribution >= 0.6 is 0 Å². The third kappa shape index (κ3) is 3.87. The van der Waals surface area contributed by atoms with Gasteiger partial charge in [-0.05, 0) is 24.5 Å². The molecule has 120 valence electrons. The largest absolute Gasteiger partial charge is 0.479 e. The fourth-order valence-electron chi connectivity index (χ4n) is 2.72. The van der Waals surface area contributed by atoms with Crippen molar-refractivity contribution < 1.29 is 13.9 Å². The first-order valence-electron chi connectivity index (χ1n) is 7.65. The van der Waals surface area contributed by atoms with Gasteiger partial charge >= 0.3 is 0 Å². The quantitative estimate of drug-likeness (QED) is 0.846. The first-order chi connectivity index (χ1) is 11.1. The van der Waals surface area contributed by atoms with Gasteiger partial charge in [0, 0.05) is 19.2 Å². The molecule has 1 aromatic heterocycles. The Morgan fingerprint density at radius 3 is 2.83 bits per heavy atom.